The van der Waals surface area contributed by atoms with Crippen molar-refractivity contribution in [3.05, 3.63) is 404 Å². The number of hydrogen-bond acceptors (Lipinski definition) is 4. The fourth-order valence-electron chi connectivity index (χ4n) is 16.9. The van der Waals surface area contributed by atoms with Crippen molar-refractivity contribution in [2.45, 2.75) is 88.9 Å². The average Bonchev–Trinajstić information content (AvgIpc) is 1.53. The van der Waals surface area contributed by atoms with Crippen molar-refractivity contribution in [1.82, 2.24) is 0 Å². The highest BCUT2D eigenvalue weighted by Gasteiger charge is 2.49. The number of benzene rings is 14. The van der Waals surface area contributed by atoms with Crippen LogP contribution >= 0.6 is 0 Å². The summed E-state index contributed by atoms with van der Waals surface area (Å²) in [6.07, 6.45) is 4.28. The zero-order chi connectivity index (χ0) is 72.4. The normalized spacial score (nSPS) is 15.8. The molecule has 0 radical (unpaired) electrons. The van der Waals surface area contributed by atoms with Gasteiger partial charge in [-0.2, -0.15) is 0 Å². The van der Waals surface area contributed by atoms with Gasteiger partial charge in [-0.1, -0.05) is 224 Å². The largest absolute Gasteiger partial charge is 0.457 e. The quantitative estimate of drug-likeness (QED) is 0.0955. The summed E-state index contributed by atoms with van der Waals surface area (Å²) < 4.78 is 80.6. The van der Waals surface area contributed by atoms with Crippen LogP contribution < -0.4 is 19.3 Å². The third kappa shape index (κ3) is 10.9. The first-order valence-corrected chi connectivity index (χ1v) is 36.6. The highest BCUT2D eigenvalue weighted by molar-refractivity contribution is 5.92. The summed E-state index contributed by atoms with van der Waals surface area (Å²) in [5, 5.41) is 0. The van der Waals surface area contributed by atoms with Crippen molar-refractivity contribution in [2.24, 2.45) is 0 Å². The zero-order valence-electron chi connectivity index (χ0n) is 59.9. The van der Waals surface area contributed by atoms with Crippen LogP contribution in [0.3, 0.4) is 0 Å². The number of nitrogens with zero attached hydrogens (tertiary/aromatic N) is 2. The maximum atomic E-state index is 16.9. The fraction of sp³-hybridized carbons (Fsp3) is 0.143. The van der Waals surface area contributed by atoms with Crippen LogP contribution in [-0.4, -0.2) is 0 Å². The Morgan fingerprint density at radius 3 is 0.915 bits per heavy atom. The Labute approximate surface area is 617 Å². The molecule has 0 fully saturated rings. The lowest BCUT2D eigenvalue weighted by Crippen LogP contribution is -2.29. The Kier molecular flexibility index (Phi) is 15.8. The second kappa shape index (κ2) is 25.4. The van der Waals surface area contributed by atoms with Crippen LogP contribution in [0.15, 0.2) is 303 Å². The second-order valence-corrected chi connectivity index (χ2v) is 30.7. The molecule has 0 aliphatic heterocycles. The molecule has 0 spiro atoms. The van der Waals surface area contributed by atoms with Crippen molar-refractivity contribution in [3.8, 4) is 56.4 Å². The minimum absolute atomic E-state index is 0.111. The van der Waals surface area contributed by atoms with Gasteiger partial charge in [-0.15, -0.1) is 0 Å². The summed E-state index contributed by atoms with van der Waals surface area (Å²) in [5.74, 6) is 0.117. The second-order valence-electron chi connectivity index (χ2n) is 30.7. The number of halogens is 4. The van der Waals surface area contributed by atoms with E-state index in [0.29, 0.717) is 34.2 Å². The number of hydrogen-bond donors (Lipinski definition) is 0. The topological polar surface area (TPSA) is 24.9 Å². The zero-order valence-corrected chi connectivity index (χ0v) is 59.9. The van der Waals surface area contributed by atoms with Crippen molar-refractivity contribution in [1.29, 1.82) is 0 Å². The van der Waals surface area contributed by atoms with E-state index in [2.05, 4.69) is 211 Å². The van der Waals surface area contributed by atoms with Gasteiger partial charge in [0.2, 0.25) is 0 Å². The molecule has 0 saturated heterocycles. The molecule has 0 bridgehead atoms. The Bertz CT molecular complexity index is 5380. The van der Waals surface area contributed by atoms with Gasteiger partial charge in [0.05, 0.1) is 10.8 Å². The Morgan fingerprint density at radius 2 is 0.585 bits per heavy atom. The highest BCUT2D eigenvalue weighted by Crippen LogP contribution is 2.60. The van der Waals surface area contributed by atoms with E-state index in [1.54, 1.807) is 9.80 Å². The van der Waals surface area contributed by atoms with Gasteiger partial charge in [0.15, 0.2) is 0 Å². The van der Waals surface area contributed by atoms with E-state index < -0.39 is 34.1 Å². The van der Waals surface area contributed by atoms with Gasteiger partial charge < -0.3 is 19.3 Å². The molecule has 4 aliphatic rings. The summed E-state index contributed by atoms with van der Waals surface area (Å²) in [6.45, 7) is 13.3. The van der Waals surface area contributed by atoms with Crippen LogP contribution in [0.4, 0.5) is 51.7 Å². The predicted octanol–water partition coefficient (Wildman–Crippen LogP) is 26.0. The van der Waals surface area contributed by atoms with Crippen molar-refractivity contribution >= 4 is 34.1 Å². The third-order valence-corrected chi connectivity index (χ3v) is 22.6. The number of anilines is 6. The van der Waals surface area contributed by atoms with E-state index in [9.17, 15) is 0 Å². The van der Waals surface area contributed by atoms with Crippen LogP contribution in [0.1, 0.15) is 119 Å². The Hall–Kier alpha value is -12.0. The maximum Gasteiger partial charge on any atom is 0.150 e. The SMILES string of the molecule is CC(C)(C)c1ccc(C2(c3ccc(Oc4ccc5c(c4)CC5)cc3)c3ccccc3-c3ccc(N(c4ccc(-c5ccc(N(c6ccc7c(c6)C(c6ccc(Oc8ccc9c(c8)CC9)cc6)(c6ccc(C(C)(C)C)cc6)c6ccccc6-7)c6c(F)cccc6F)cc5)cc4)c4c(F)cccc4F)cc32)cc1. The number of para-hydroxylation sites is 2. The van der Waals surface area contributed by atoms with Gasteiger partial charge in [-0.25, -0.2) is 17.6 Å². The summed E-state index contributed by atoms with van der Waals surface area (Å²) in [5.41, 5.74) is 21.3. The number of rotatable bonds is 15. The van der Waals surface area contributed by atoms with Crippen molar-refractivity contribution in [3.63, 3.8) is 0 Å². The van der Waals surface area contributed by atoms with E-state index in [0.717, 1.165) is 115 Å². The summed E-state index contributed by atoms with van der Waals surface area (Å²) in [6, 6.07) is 99.8. The van der Waals surface area contributed by atoms with Crippen LogP contribution in [0.2, 0.25) is 0 Å². The fourth-order valence-corrected chi connectivity index (χ4v) is 16.9. The summed E-state index contributed by atoms with van der Waals surface area (Å²) >= 11 is 0. The monoisotopic (exact) mass is 1390 g/mol. The lowest BCUT2D eigenvalue weighted by Gasteiger charge is -2.35. The summed E-state index contributed by atoms with van der Waals surface area (Å²) in [7, 11) is 0. The Morgan fingerprint density at radius 1 is 0.274 bits per heavy atom. The maximum absolute atomic E-state index is 16.9. The molecule has 8 heteroatoms. The molecule has 18 rings (SSSR count). The first-order chi connectivity index (χ1) is 51.4. The highest BCUT2D eigenvalue weighted by atomic mass is 19.1. The lowest BCUT2D eigenvalue weighted by molar-refractivity contribution is 0.480. The smallest absolute Gasteiger partial charge is 0.150 e. The van der Waals surface area contributed by atoms with Gasteiger partial charge in [0.1, 0.15) is 57.6 Å². The van der Waals surface area contributed by atoms with Crippen LogP contribution in [0.25, 0.3) is 33.4 Å². The van der Waals surface area contributed by atoms with Gasteiger partial charge in [0, 0.05) is 22.7 Å². The predicted molar refractivity (Wildman–Crippen MR) is 421 cm³/mol. The van der Waals surface area contributed by atoms with E-state index in [1.807, 2.05) is 97.1 Å². The molecule has 14 aromatic rings. The standard InChI is InChI=1S/C98H76F4N2O2/c1-95(2,3)67-31-35-69(36-32-67)97(71-39-51-77(52-40-71)105-79-49-29-63-21-23-65(63)57-79)85-15-9-7-13-81(85)83-55-47-75(59-87(83)97)103(93-89(99)17-11-18-90(93)100)73-43-25-61(26-44-73)62-27-45-74(46-28-62)104(94-91(101)19-12-20-92(94)102)76-48-56-84-82-14-8-10-16-86(82)98(88(84)60-76,70-37-33-68(34-38-70)96(4,5)6)72-41-53-78(54-42-72)106-80-50-30-64-22-24-66(64)58-80/h7-20,25-60H,21-24H2,1-6H3. The first kappa shape index (κ1) is 66.0. The van der Waals surface area contributed by atoms with Crippen LogP contribution in [0, 0.1) is 23.3 Å². The molecule has 0 saturated carbocycles. The minimum atomic E-state index is -0.891. The molecule has 4 aliphatic carbocycles. The third-order valence-electron chi connectivity index (χ3n) is 22.6. The summed E-state index contributed by atoms with van der Waals surface area (Å²) in [4.78, 5) is 3.34. The molecule has 0 heterocycles. The van der Waals surface area contributed by atoms with E-state index >= 15 is 17.6 Å². The molecule has 2 atom stereocenters. The molecule has 2 unspecified atom stereocenters. The van der Waals surface area contributed by atoms with Gasteiger partial charge in [0.25, 0.3) is 0 Å². The van der Waals surface area contributed by atoms with E-state index in [1.165, 1.54) is 69.8 Å². The molecule has 518 valence electrons. The molecule has 0 aromatic heterocycles. The number of fused-ring (bicyclic) bond motifs is 8. The van der Waals surface area contributed by atoms with Crippen LogP contribution in [0.5, 0.6) is 23.0 Å². The van der Waals surface area contributed by atoms with E-state index in [-0.39, 0.29) is 22.2 Å². The Balaban J connectivity index is 0.728. The lowest BCUT2D eigenvalue weighted by atomic mass is 9.67. The van der Waals surface area contributed by atoms with Crippen LogP contribution in [-0.2, 0) is 47.3 Å². The first-order valence-electron chi connectivity index (χ1n) is 36.6. The number of ether oxygens (including phenoxy) is 2. The molecule has 0 N–H and O–H groups in total. The molecule has 106 heavy (non-hydrogen) atoms. The number of aryl methyl sites for hydroxylation is 4. The molecular weight excluding hydrogens is 1310 g/mol. The van der Waals surface area contributed by atoms with Gasteiger partial charge in [-0.05, 0) is 269 Å². The average molecular weight is 1390 g/mol. The van der Waals surface area contributed by atoms with Crippen molar-refractivity contribution < 1.29 is 27.0 Å². The van der Waals surface area contributed by atoms with Gasteiger partial charge in [-0.3, -0.25) is 0 Å². The minimum Gasteiger partial charge on any atom is -0.457 e. The van der Waals surface area contributed by atoms with Gasteiger partial charge >= 0.3 is 0 Å². The van der Waals surface area contributed by atoms with E-state index in [4.69, 9.17) is 9.47 Å². The molecule has 0 amide bonds. The molecular formula is C98H76F4N2O2. The molecule has 14 aromatic carbocycles. The van der Waals surface area contributed by atoms with Crippen molar-refractivity contribution in [2.75, 3.05) is 9.80 Å². The molecule has 4 nitrogen and oxygen atoms in total.